The van der Waals surface area contributed by atoms with E-state index in [0.717, 1.165) is 22.1 Å². The summed E-state index contributed by atoms with van der Waals surface area (Å²) in [6, 6.07) is 14.8. The van der Waals surface area contributed by atoms with Crippen LogP contribution in [-0.4, -0.2) is 16.0 Å². The average molecular weight is 325 g/mol. The van der Waals surface area contributed by atoms with E-state index < -0.39 is 0 Å². The second-order valence-electron chi connectivity index (χ2n) is 4.94. The quantitative estimate of drug-likeness (QED) is 0.628. The zero-order valence-corrected chi connectivity index (χ0v) is 13.2. The SMILES string of the molecule is CC(=O)Nc1cc(-c2csc(Nc3ccccc3)n2)ccc1O. The molecule has 0 atom stereocenters. The molecular weight excluding hydrogens is 310 g/mol. The van der Waals surface area contributed by atoms with Gasteiger partial charge in [0.25, 0.3) is 0 Å². The van der Waals surface area contributed by atoms with Gasteiger partial charge in [0.05, 0.1) is 11.4 Å². The lowest BCUT2D eigenvalue weighted by Crippen LogP contribution is -2.05. The third-order valence-corrected chi connectivity index (χ3v) is 3.89. The molecule has 0 spiro atoms. The van der Waals surface area contributed by atoms with Gasteiger partial charge in [0.15, 0.2) is 5.13 Å². The van der Waals surface area contributed by atoms with E-state index in [0.29, 0.717) is 5.69 Å². The second-order valence-corrected chi connectivity index (χ2v) is 5.80. The average Bonchev–Trinajstić information content (AvgIpc) is 2.98. The molecule has 0 saturated carbocycles. The predicted octanol–water partition coefficient (Wildman–Crippen LogP) is 4.22. The number of nitrogens with one attached hydrogen (secondary N) is 2. The number of thiazole rings is 1. The summed E-state index contributed by atoms with van der Waals surface area (Å²) in [7, 11) is 0. The number of hydrogen-bond acceptors (Lipinski definition) is 5. The van der Waals surface area contributed by atoms with Crippen LogP contribution in [0.15, 0.2) is 53.9 Å². The summed E-state index contributed by atoms with van der Waals surface area (Å²) in [4.78, 5) is 15.7. The van der Waals surface area contributed by atoms with Crippen LogP contribution in [0.3, 0.4) is 0 Å². The Morgan fingerprint density at radius 1 is 1.17 bits per heavy atom. The first-order valence-corrected chi connectivity index (χ1v) is 7.88. The number of carbonyl (C=O) groups excluding carboxylic acids is 1. The van der Waals surface area contributed by atoms with E-state index >= 15 is 0 Å². The summed E-state index contributed by atoms with van der Waals surface area (Å²) < 4.78 is 0. The Balaban J connectivity index is 1.84. The van der Waals surface area contributed by atoms with E-state index in [4.69, 9.17) is 0 Å². The van der Waals surface area contributed by atoms with Crippen molar-refractivity contribution in [2.75, 3.05) is 10.6 Å². The first-order chi connectivity index (χ1) is 11.1. The topological polar surface area (TPSA) is 74.2 Å². The molecular formula is C17H15N3O2S. The van der Waals surface area contributed by atoms with Crippen LogP contribution in [0.4, 0.5) is 16.5 Å². The van der Waals surface area contributed by atoms with Gasteiger partial charge >= 0.3 is 0 Å². The first-order valence-electron chi connectivity index (χ1n) is 7.00. The number of phenolic OH excluding ortho intramolecular Hbond substituents is 1. The van der Waals surface area contributed by atoms with Gasteiger partial charge in [-0.3, -0.25) is 4.79 Å². The molecule has 3 aromatic rings. The van der Waals surface area contributed by atoms with E-state index in [1.165, 1.54) is 18.3 Å². The minimum Gasteiger partial charge on any atom is -0.506 e. The molecule has 2 aromatic carbocycles. The van der Waals surface area contributed by atoms with Crippen molar-refractivity contribution in [2.24, 2.45) is 0 Å². The number of phenols is 1. The van der Waals surface area contributed by atoms with Crippen LogP contribution in [0, 0.1) is 0 Å². The number of benzene rings is 2. The number of hydrogen-bond donors (Lipinski definition) is 3. The lowest BCUT2D eigenvalue weighted by molar-refractivity contribution is -0.114. The van der Waals surface area contributed by atoms with Crippen LogP contribution in [0.25, 0.3) is 11.3 Å². The summed E-state index contributed by atoms with van der Waals surface area (Å²) in [5.41, 5.74) is 2.95. The molecule has 0 aliphatic heterocycles. The van der Waals surface area contributed by atoms with E-state index in [-0.39, 0.29) is 11.7 Å². The smallest absolute Gasteiger partial charge is 0.221 e. The van der Waals surface area contributed by atoms with Crippen LogP contribution in [0.2, 0.25) is 0 Å². The van der Waals surface area contributed by atoms with Gasteiger partial charge in [-0.05, 0) is 30.3 Å². The summed E-state index contributed by atoms with van der Waals surface area (Å²) >= 11 is 1.49. The van der Waals surface area contributed by atoms with Crippen molar-refractivity contribution in [1.29, 1.82) is 0 Å². The fourth-order valence-corrected chi connectivity index (χ4v) is 2.83. The molecule has 116 valence electrons. The Hall–Kier alpha value is -2.86. The molecule has 6 heteroatoms. The summed E-state index contributed by atoms with van der Waals surface area (Å²) in [5, 5.41) is 18.3. The molecule has 5 nitrogen and oxygen atoms in total. The highest BCUT2D eigenvalue weighted by Crippen LogP contribution is 2.32. The van der Waals surface area contributed by atoms with Gasteiger partial charge in [-0.1, -0.05) is 18.2 Å². The van der Waals surface area contributed by atoms with Crippen molar-refractivity contribution in [3.63, 3.8) is 0 Å². The standard InChI is InChI=1S/C17H15N3O2S/c1-11(21)18-14-9-12(7-8-16(14)22)15-10-23-17(20-15)19-13-5-3-2-4-6-13/h2-10,22H,1H3,(H,18,21)(H,19,20). The number of rotatable bonds is 4. The van der Waals surface area contributed by atoms with Crippen LogP contribution in [-0.2, 0) is 4.79 Å². The lowest BCUT2D eigenvalue weighted by Gasteiger charge is -2.06. The van der Waals surface area contributed by atoms with Crippen molar-refractivity contribution < 1.29 is 9.90 Å². The number of anilines is 3. The zero-order chi connectivity index (χ0) is 16.2. The molecule has 0 bridgehead atoms. The number of amides is 1. The molecule has 1 amide bonds. The number of aromatic nitrogens is 1. The van der Waals surface area contributed by atoms with Crippen molar-refractivity contribution in [2.45, 2.75) is 6.92 Å². The van der Waals surface area contributed by atoms with Gasteiger partial charge < -0.3 is 15.7 Å². The minimum atomic E-state index is -0.234. The molecule has 1 heterocycles. The second kappa shape index (κ2) is 6.50. The van der Waals surface area contributed by atoms with E-state index in [1.54, 1.807) is 18.2 Å². The number of carbonyl (C=O) groups is 1. The molecule has 23 heavy (non-hydrogen) atoms. The number of para-hydroxylation sites is 1. The monoisotopic (exact) mass is 325 g/mol. The fourth-order valence-electron chi connectivity index (χ4n) is 2.09. The molecule has 0 aliphatic rings. The minimum absolute atomic E-state index is 0.0295. The number of aromatic hydroxyl groups is 1. The van der Waals surface area contributed by atoms with E-state index in [9.17, 15) is 9.90 Å². The normalized spacial score (nSPS) is 10.3. The van der Waals surface area contributed by atoms with Crippen molar-refractivity contribution in [1.82, 2.24) is 4.98 Å². The van der Waals surface area contributed by atoms with Gasteiger partial charge in [0, 0.05) is 23.6 Å². The van der Waals surface area contributed by atoms with Crippen LogP contribution < -0.4 is 10.6 Å². The summed E-state index contributed by atoms with van der Waals surface area (Å²) in [5.74, 6) is -0.205. The predicted molar refractivity (Wildman–Crippen MR) is 93.2 cm³/mol. The molecule has 0 aliphatic carbocycles. The van der Waals surface area contributed by atoms with Crippen molar-refractivity contribution in [3.05, 3.63) is 53.9 Å². The van der Waals surface area contributed by atoms with Crippen molar-refractivity contribution >= 4 is 33.8 Å². The maximum atomic E-state index is 11.2. The largest absolute Gasteiger partial charge is 0.506 e. The molecule has 1 aromatic heterocycles. The molecule has 0 unspecified atom stereocenters. The van der Waals surface area contributed by atoms with E-state index in [2.05, 4.69) is 15.6 Å². The third kappa shape index (κ3) is 3.67. The van der Waals surface area contributed by atoms with Crippen LogP contribution in [0.5, 0.6) is 5.75 Å². The molecule has 0 radical (unpaired) electrons. The lowest BCUT2D eigenvalue weighted by atomic mass is 10.1. The van der Waals surface area contributed by atoms with Gasteiger partial charge in [-0.15, -0.1) is 11.3 Å². The number of nitrogens with zero attached hydrogens (tertiary/aromatic N) is 1. The van der Waals surface area contributed by atoms with Gasteiger partial charge in [0.1, 0.15) is 5.75 Å². The Morgan fingerprint density at radius 3 is 2.70 bits per heavy atom. The Labute approximate surface area is 137 Å². The molecule has 0 fully saturated rings. The first kappa shape index (κ1) is 15.1. The Morgan fingerprint density at radius 2 is 1.96 bits per heavy atom. The van der Waals surface area contributed by atoms with Gasteiger partial charge in [-0.2, -0.15) is 0 Å². The van der Waals surface area contributed by atoms with Gasteiger partial charge in [-0.25, -0.2) is 4.98 Å². The van der Waals surface area contributed by atoms with Crippen molar-refractivity contribution in [3.8, 4) is 17.0 Å². The Kier molecular flexibility index (Phi) is 4.25. The highest BCUT2D eigenvalue weighted by molar-refractivity contribution is 7.14. The molecule has 3 N–H and O–H groups in total. The van der Waals surface area contributed by atoms with Crippen LogP contribution in [0.1, 0.15) is 6.92 Å². The van der Waals surface area contributed by atoms with Crippen LogP contribution >= 0.6 is 11.3 Å². The molecule has 3 rings (SSSR count). The maximum absolute atomic E-state index is 11.2. The van der Waals surface area contributed by atoms with E-state index in [1.807, 2.05) is 35.7 Å². The molecule has 0 saturated heterocycles. The highest BCUT2D eigenvalue weighted by Gasteiger charge is 2.09. The fraction of sp³-hybridized carbons (Fsp3) is 0.0588. The summed E-state index contributed by atoms with van der Waals surface area (Å²) in [6.07, 6.45) is 0. The Bertz CT molecular complexity index is 831. The van der Waals surface area contributed by atoms with Gasteiger partial charge in [0.2, 0.25) is 5.91 Å². The zero-order valence-electron chi connectivity index (χ0n) is 12.4. The highest BCUT2D eigenvalue weighted by atomic mass is 32.1. The summed E-state index contributed by atoms with van der Waals surface area (Å²) in [6.45, 7) is 1.40. The maximum Gasteiger partial charge on any atom is 0.221 e. The third-order valence-electron chi connectivity index (χ3n) is 3.13.